The van der Waals surface area contributed by atoms with Crippen LogP contribution >= 0.6 is 0 Å². The van der Waals surface area contributed by atoms with Crippen molar-refractivity contribution in [2.75, 3.05) is 0 Å². The van der Waals surface area contributed by atoms with E-state index >= 15 is 0 Å². The van der Waals surface area contributed by atoms with Crippen LogP contribution in [0, 0.1) is 0 Å². The molecule has 0 fully saturated rings. The largest absolute Gasteiger partial charge is 0.305 e. The Morgan fingerprint density at radius 3 is 1.97 bits per heavy atom. The van der Waals surface area contributed by atoms with Crippen molar-refractivity contribution in [2.45, 2.75) is 0 Å². The van der Waals surface area contributed by atoms with Gasteiger partial charge in [0.15, 0.2) is 0 Å². The van der Waals surface area contributed by atoms with Gasteiger partial charge in [-0.2, -0.15) is 0 Å². The Morgan fingerprint density at radius 1 is 0.457 bits per heavy atom. The first-order valence-corrected chi connectivity index (χ1v) is 11.9. The smallest absolute Gasteiger partial charge is 0.145 e. The predicted molar refractivity (Wildman–Crippen MR) is 143 cm³/mol. The van der Waals surface area contributed by atoms with Gasteiger partial charge in [-0.1, -0.05) is 72.8 Å². The topological polar surface area (TPSA) is 26.6 Å². The second-order valence-electron chi connectivity index (χ2n) is 9.29. The minimum absolute atomic E-state index is 0.975. The van der Waals surface area contributed by atoms with E-state index in [1.165, 1.54) is 44.0 Å². The maximum atomic E-state index is 5.14. The fourth-order valence-corrected chi connectivity index (χ4v) is 6.22. The lowest BCUT2D eigenvalue weighted by molar-refractivity contribution is 1.09. The average molecular weight is 447 g/mol. The van der Waals surface area contributed by atoms with Gasteiger partial charge in [0.2, 0.25) is 0 Å². The number of fused-ring (bicyclic) bond motifs is 7. The van der Waals surface area contributed by atoms with Gasteiger partial charge in [-0.25, -0.2) is 4.98 Å². The van der Waals surface area contributed by atoms with Gasteiger partial charge in [-0.05, 0) is 36.4 Å². The van der Waals surface area contributed by atoms with Crippen molar-refractivity contribution in [1.82, 2.24) is 18.4 Å². The maximum Gasteiger partial charge on any atom is 0.145 e. The second kappa shape index (κ2) is 5.99. The molecule has 4 nitrogen and oxygen atoms in total. The number of aromatic nitrogens is 4. The highest BCUT2D eigenvalue weighted by Crippen LogP contribution is 2.42. The van der Waals surface area contributed by atoms with Crippen LogP contribution in [0.2, 0.25) is 0 Å². The molecule has 0 atom stereocenters. The first kappa shape index (κ1) is 17.6. The molecule has 5 aromatic carbocycles. The summed E-state index contributed by atoms with van der Waals surface area (Å²) in [6.07, 6.45) is 0. The number of hydrogen-bond donors (Lipinski definition) is 0. The van der Waals surface area contributed by atoms with Crippen LogP contribution in [0.15, 0.2) is 109 Å². The molecule has 0 amide bonds. The summed E-state index contributed by atoms with van der Waals surface area (Å²) in [5.41, 5.74) is 11.7. The van der Waals surface area contributed by atoms with Crippen LogP contribution in [0.1, 0.15) is 0 Å². The lowest BCUT2D eigenvalue weighted by atomic mass is 10.1. The second-order valence-corrected chi connectivity index (χ2v) is 9.29. The number of para-hydroxylation sites is 4. The molecule has 0 bridgehead atoms. The van der Waals surface area contributed by atoms with E-state index in [1.807, 2.05) is 0 Å². The Kier molecular flexibility index (Phi) is 3.01. The highest BCUT2D eigenvalue weighted by molar-refractivity contribution is 6.17. The number of rotatable bonds is 1. The molecule has 0 saturated carbocycles. The Bertz CT molecular complexity index is 2210. The molecule has 2 aliphatic heterocycles. The Morgan fingerprint density at radius 2 is 1.09 bits per heavy atom. The number of hydrogen-bond acceptors (Lipinski definition) is 1. The van der Waals surface area contributed by atoms with Crippen LogP contribution in [-0.4, -0.2) is 18.4 Å². The Hall–Kier alpha value is -4.83. The first-order valence-electron chi connectivity index (χ1n) is 11.9. The third-order valence-corrected chi connectivity index (χ3v) is 7.54. The molecule has 9 rings (SSSR count). The van der Waals surface area contributed by atoms with Crippen molar-refractivity contribution in [2.24, 2.45) is 0 Å². The van der Waals surface area contributed by atoms with Gasteiger partial charge in [0.25, 0.3) is 0 Å². The summed E-state index contributed by atoms with van der Waals surface area (Å²) >= 11 is 0. The third-order valence-electron chi connectivity index (χ3n) is 7.54. The van der Waals surface area contributed by atoms with Crippen LogP contribution < -0.4 is 0 Å². The molecule has 4 heterocycles. The molecule has 0 radical (unpaired) electrons. The Labute approximate surface area is 199 Å². The van der Waals surface area contributed by atoms with E-state index in [9.17, 15) is 0 Å². The van der Waals surface area contributed by atoms with E-state index in [4.69, 9.17) is 4.98 Å². The van der Waals surface area contributed by atoms with E-state index in [0.29, 0.717) is 0 Å². The minimum atomic E-state index is 0.975. The van der Waals surface area contributed by atoms with Gasteiger partial charge >= 0.3 is 0 Å². The summed E-state index contributed by atoms with van der Waals surface area (Å²) < 4.78 is 7.25. The third kappa shape index (κ3) is 1.98. The normalized spacial score (nSPS) is 12.6. The summed E-state index contributed by atoms with van der Waals surface area (Å²) in [4.78, 5) is 5.14. The van der Waals surface area contributed by atoms with Gasteiger partial charge in [-0.3, -0.25) is 4.40 Å². The summed E-state index contributed by atoms with van der Waals surface area (Å²) in [5.74, 6) is 0.975. The van der Waals surface area contributed by atoms with E-state index in [2.05, 4.69) is 123 Å². The van der Waals surface area contributed by atoms with Crippen molar-refractivity contribution in [3.05, 3.63) is 109 Å². The SMILES string of the molecule is c1ccc(-c2nc3cccc4c3n2c2cccc3c2-n4c2cccc4c5ccccc5n3c42)cc1. The zero-order valence-corrected chi connectivity index (χ0v) is 18.7. The molecule has 4 heteroatoms. The summed E-state index contributed by atoms with van der Waals surface area (Å²) in [6, 6.07) is 39.0. The zero-order chi connectivity index (χ0) is 22.7. The zero-order valence-electron chi connectivity index (χ0n) is 18.7. The van der Waals surface area contributed by atoms with Gasteiger partial charge in [0.1, 0.15) is 5.82 Å². The van der Waals surface area contributed by atoms with Crippen molar-refractivity contribution in [3.63, 3.8) is 0 Å². The lowest BCUT2D eigenvalue weighted by Gasteiger charge is -2.24. The van der Waals surface area contributed by atoms with Crippen LogP contribution in [0.5, 0.6) is 0 Å². The highest BCUT2D eigenvalue weighted by Gasteiger charge is 2.25. The van der Waals surface area contributed by atoms with E-state index in [-0.39, 0.29) is 0 Å². The standard InChI is InChI=1S/C31H18N4/c1-2-9-19(10-3-1)31-32-22-13-7-16-25-29(22)35(31)27-18-8-17-26-30(27)34(25)24-15-6-12-21-20-11-4-5-14-23(20)33(26)28(21)24/h1-18H. The molecule has 7 aromatic rings. The van der Waals surface area contributed by atoms with Crippen molar-refractivity contribution in [3.8, 4) is 17.1 Å². The van der Waals surface area contributed by atoms with E-state index < -0.39 is 0 Å². The van der Waals surface area contributed by atoms with Gasteiger partial charge in [0.05, 0.1) is 49.8 Å². The molecule has 0 N–H and O–H groups in total. The first-order chi connectivity index (χ1) is 17.4. The fourth-order valence-electron chi connectivity index (χ4n) is 6.22. The van der Waals surface area contributed by atoms with Gasteiger partial charge in [0, 0.05) is 16.3 Å². The van der Waals surface area contributed by atoms with Gasteiger partial charge in [-0.15, -0.1) is 0 Å². The fraction of sp³-hybridized carbons (Fsp3) is 0. The van der Waals surface area contributed by atoms with Crippen molar-refractivity contribution < 1.29 is 0 Å². The van der Waals surface area contributed by atoms with Crippen molar-refractivity contribution in [1.29, 1.82) is 0 Å². The molecular formula is C31H18N4. The van der Waals surface area contributed by atoms with Crippen LogP contribution in [-0.2, 0) is 0 Å². The molecule has 0 unspecified atom stereocenters. The summed E-state index contributed by atoms with van der Waals surface area (Å²) in [6.45, 7) is 0. The molecule has 162 valence electrons. The molecule has 35 heavy (non-hydrogen) atoms. The monoisotopic (exact) mass is 446 g/mol. The van der Waals surface area contributed by atoms with E-state index in [1.54, 1.807) is 0 Å². The minimum Gasteiger partial charge on any atom is -0.305 e. The average Bonchev–Trinajstić information content (AvgIpc) is 3.47. The van der Waals surface area contributed by atoms with Crippen LogP contribution in [0.4, 0.5) is 0 Å². The summed E-state index contributed by atoms with van der Waals surface area (Å²) in [5, 5.41) is 2.57. The molecule has 0 spiro atoms. The predicted octanol–water partition coefficient (Wildman–Crippen LogP) is 7.53. The van der Waals surface area contributed by atoms with Crippen molar-refractivity contribution >= 4 is 54.9 Å². The molecule has 0 aliphatic carbocycles. The quantitative estimate of drug-likeness (QED) is 0.189. The van der Waals surface area contributed by atoms with E-state index in [0.717, 1.165) is 27.9 Å². The van der Waals surface area contributed by atoms with Gasteiger partial charge < -0.3 is 8.97 Å². The molecule has 2 aromatic heterocycles. The summed E-state index contributed by atoms with van der Waals surface area (Å²) in [7, 11) is 0. The number of benzene rings is 5. The molecule has 0 saturated heterocycles. The molecule has 2 aliphatic rings. The lowest BCUT2D eigenvalue weighted by Crippen LogP contribution is -2.11. The van der Waals surface area contributed by atoms with Crippen LogP contribution in [0.3, 0.4) is 0 Å². The number of imidazole rings is 1. The Balaban J connectivity index is 1.67. The molecular weight excluding hydrogens is 428 g/mol. The highest BCUT2D eigenvalue weighted by atomic mass is 15.1. The van der Waals surface area contributed by atoms with Crippen LogP contribution in [0.25, 0.3) is 72.0 Å². The number of nitrogens with zero attached hydrogens (tertiary/aromatic N) is 4. The maximum absolute atomic E-state index is 5.14.